The van der Waals surface area contributed by atoms with Crippen LogP contribution in [0.15, 0.2) is 34.6 Å². The highest BCUT2D eigenvalue weighted by Crippen LogP contribution is 2.20. The van der Waals surface area contributed by atoms with E-state index in [1.165, 1.54) is 19.9 Å². The minimum absolute atomic E-state index is 0.231. The van der Waals surface area contributed by atoms with Crippen molar-refractivity contribution in [1.29, 1.82) is 0 Å². The third-order valence-electron chi connectivity index (χ3n) is 2.46. The minimum atomic E-state index is -3.76. The molecule has 0 aliphatic heterocycles. The zero-order valence-electron chi connectivity index (χ0n) is 10.3. The van der Waals surface area contributed by atoms with Crippen molar-refractivity contribution in [3.8, 4) is 0 Å². The van der Waals surface area contributed by atoms with Crippen LogP contribution in [-0.2, 0) is 19.7 Å². The Balaban J connectivity index is 3.46. The van der Waals surface area contributed by atoms with Crippen LogP contribution in [0, 0.1) is 0 Å². The van der Waals surface area contributed by atoms with Gasteiger partial charge in [0.05, 0.1) is 11.5 Å². The molecule has 0 atom stereocenters. The fraction of sp³-hybridized carbons (Fsp3) is 0.333. The van der Waals surface area contributed by atoms with Crippen LogP contribution < -0.4 is 0 Å². The Labute approximate surface area is 108 Å². The maximum absolute atomic E-state index is 11.9. The standard InChI is InChI=1S/C12H16O4S2/c1-3-17(13,14)12(18(15,16)4-2)10-11-8-6-5-7-9-11/h5-10H,3-4H2,1-2H3. The van der Waals surface area contributed by atoms with Crippen molar-refractivity contribution in [2.75, 3.05) is 11.5 Å². The molecule has 0 aliphatic rings. The van der Waals surface area contributed by atoms with Crippen molar-refractivity contribution in [1.82, 2.24) is 0 Å². The van der Waals surface area contributed by atoms with Crippen LogP contribution in [-0.4, -0.2) is 28.3 Å². The summed E-state index contributed by atoms with van der Waals surface area (Å²) in [6, 6.07) is 8.55. The molecule has 0 radical (unpaired) electrons. The van der Waals surface area contributed by atoms with Crippen LogP contribution >= 0.6 is 0 Å². The lowest BCUT2D eigenvalue weighted by molar-refractivity contribution is 0.596. The van der Waals surface area contributed by atoms with Crippen LogP contribution in [0.5, 0.6) is 0 Å². The van der Waals surface area contributed by atoms with E-state index in [2.05, 4.69) is 0 Å². The van der Waals surface area contributed by atoms with Gasteiger partial charge in [0.15, 0.2) is 23.9 Å². The van der Waals surface area contributed by atoms with E-state index in [0.717, 1.165) is 0 Å². The summed E-state index contributed by atoms with van der Waals surface area (Å²) in [6.07, 6.45) is 1.22. The molecule has 0 spiro atoms. The molecule has 1 rings (SSSR count). The molecule has 0 fully saturated rings. The summed E-state index contributed by atoms with van der Waals surface area (Å²) in [6.45, 7) is 2.86. The van der Waals surface area contributed by atoms with Crippen LogP contribution in [0.2, 0.25) is 0 Å². The molecule has 18 heavy (non-hydrogen) atoms. The Bertz CT molecular complexity index is 590. The minimum Gasteiger partial charge on any atom is -0.223 e. The van der Waals surface area contributed by atoms with E-state index in [4.69, 9.17) is 0 Å². The maximum atomic E-state index is 11.9. The first-order chi connectivity index (χ1) is 8.33. The third-order valence-corrected chi connectivity index (χ3v) is 6.96. The van der Waals surface area contributed by atoms with E-state index >= 15 is 0 Å². The van der Waals surface area contributed by atoms with E-state index in [9.17, 15) is 16.8 Å². The molecule has 100 valence electrons. The molecule has 0 bridgehead atoms. The maximum Gasteiger partial charge on any atom is 0.189 e. The Morgan fingerprint density at radius 1 is 0.944 bits per heavy atom. The first kappa shape index (κ1) is 14.9. The van der Waals surface area contributed by atoms with Crippen molar-refractivity contribution in [2.24, 2.45) is 0 Å². The summed E-state index contributed by atoms with van der Waals surface area (Å²) in [5.41, 5.74) is 0.557. The molecule has 4 nitrogen and oxygen atoms in total. The molecular formula is C12H16O4S2. The third kappa shape index (κ3) is 3.43. The zero-order valence-corrected chi connectivity index (χ0v) is 12.0. The van der Waals surface area contributed by atoms with Crippen LogP contribution in [0.3, 0.4) is 0 Å². The van der Waals surface area contributed by atoms with Crippen molar-refractivity contribution >= 4 is 25.8 Å². The number of hydrogen-bond donors (Lipinski definition) is 0. The molecular weight excluding hydrogens is 272 g/mol. The molecule has 0 amide bonds. The largest absolute Gasteiger partial charge is 0.223 e. The van der Waals surface area contributed by atoms with Crippen LogP contribution in [0.25, 0.3) is 6.08 Å². The van der Waals surface area contributed by atoms with E-state index in [1.807, 2.05) is 0 Å². The SMILES string of the molecule is CCS(=O)(=O)C(=Cc1ccccc1)S(=O)(=O)CC. The predicted octanol–water partition coefficient (Wildman–Crippen LogP) is 1.85. The summed E-state index contributed by atoms with van der Waals surface area (Å²) in [5.74, 6) is -0.463. The topological polar surface area (TPSA) is 68.3 Å². The average Bonchev–Trinajstić information content (AvgIpc) is 2.37. The Morgan fingerprint density at radius 2 is 1.39 bits per heavy atom. The highest BCUT2D eigenvalue weighted by Gasteiger charge is 2.27. The molecule has 0 saturated heterocycles. The summed E-state index contributed by atoms with van der Waals surface area (Å²) < 4.78 is 47.0. The van der Waals surface area contributed by atoms with E-state index in [1.54, 1.807) is 30.3 Å². The van der Waals surface area contributed by atoms with Gasteiger partial charge in [-0.3, -0.25) is 0 Å². The number of rotatable bonds is 5. The highest BCUT2D eigenvalue weighted by atomic mass is 32.3. The van der Waals surface area contributed by atoms with Crippen molar-refractivity contribution in [3.05, 3.63) is 40.1 Å². The Kier molecular flexibility index (Phi) is 4.70. The smallest absolute Gasteiger partial charge is 0.189 e. The van der Waals surface area contributed by atoms with Gasteiger partial charge < -0.3 is 0 Å². The Hall–Kier alpha value is -1.14. The van der Waals surface area contributed by atoms with Gasteiger partial charge in [-0.1, -0.05) is 44.2 Å². The first-order valence-corrected chi connectivity index (χ1v) is 8.86. The van der Waals surface area contributed by atoms with Crippen molar-refractivity contribution in [2.45, 2.75) is 13.8 Å². The lowest BCUT2D eigenvalue weighted by Crippen LogP contribution is -2.17. The number of benzene rings is 1. The fourth-order valence-electron chi connectivity index (χ4n) is 1.34. The monoisotopic (exact) mass is 288 g/mol. The molecule has 0 unspecified atom stereocenters. The normalized spacial score (nSPS) is 12.1. The van der Waals surface area contributed by atoms with Gasteiger partial charge in [0.25, 0.3) is 0 Å². The van der Waals surface area contributed by atoms with E-state index in [-0.39, 0.29) is 11.5 Å². The molecule has 0 aliphatic carbocycles. The fourth-order valence-corrected chi connectivity index (χ4v) is 4.80. The Morgan fingerprint density at radius 3 is 1.78 bits per heavy atom. The molecule has 1 aromatic rings. The molecule has 0 N–H and O–H groups in total. The van der Waals surface area contributed by atoms with E-state index in [0.29, 0.717) is 5.56 Å². The van der Waals surface area contributed by atoms with Gasteiger partial charge in [-0.2, -0.15) is 0 Å². The van der Waals surface area contributed by atoms with Gasteiger partial charge in [-0.25, -0.2) is 16.8 Å². The zero-order chi connectivity index (χ0) is 13.8. The van der Waals surface area contributed by atoms with Gasteiger partial charge in [0.1, 0.15) is 0 Å². The first-order valence-electron chi connectivity index (χ1n) is 5.55. The van der Waals surface area contributed by atoms with Gasteiger partial charge in [0, 0.05) is 0 Å². The van der Waals surface area contributed by atoms with Crippen molar-refractivity contribution < 1.29 is 16.8 Å². The number of sulfone groups is 2. The lowest BCUT2D eigenvalue weighted by Gasteiger charge is -2.07. The van der Waals surface area contributed by atoms with Crippen LogP contribution in [0.1, 0.15) is 19.4 Å². The lowest BCUT2D eigenvalue weighted by atomic mass is 10.2. The summed E-state index contributed by atoms with van der Waals surface area (Å²) in [4.78, 5) is 0. The van der Waals surface area contributed by atoms with Gasteiger partial charge in [0.2, 0.25) is 0 Å². The van der Waals surface area contributed by atoms with Crippen LogP contribution in [0.4, 0.5) is 0 Å². The molecule has 6 heteroatoms. The van der Waals surface area contributed by atoms with Crippen molar-refractivity contribution in [3.63, 3.8) is 0 Å². The quantitative estimate of drug-likeness (QED) is 0.829. The summed E-state index contributed by atoms with van der Waals surface area (Å²) in [5, 5.41) is 0. The summed E-state index contributed by atoms with van der Waals surface area (Å²) >= 11 is 0. The van der Waals surface area contributed by atoms with E-state index < -0.39 is 23.9 Å². The summed E-state index contributed by atoms with van der Waals surface area (Å²) in [7, 11) is -7.51. The molecule has 0 heterocycles. The second kappa shape index (κ2) is 5.67. The second-order valence-electron chi connectivity index (χ2n) is 3.68. The molecule has 0 aromatic heterocycles. The average molecular weight is 288 g/mol. The van der Waals surface area contributed by atoms with Gasteiger partial charge in [-0.05, 0) is 11.6 Å². The van der Waals surface area contributed by atoms with Gasteiger partial charge in [-0.15, -0.1) is 0 Å². The molecule has 0 saturated carbocycles. The highest BCUT2D eigenvalue weighted by molar-refractivity contribution is 8.14. The second-order valence-corrected chi connectivity index (χ2v) is 8.43. The van der Waals surface area contributed by atoms with Gasteiger partial charge >= 0.3 is 0 Å². The molecule has 1 aromatic carbocycles. The number of hydrogen-bond acceptors (Lipinski definition) is 4. The predicted molar refractivity (Wildman–Crippen MR) is 73.3 cm³/mol.